The summed E-state index contributed by atoms with van der Waals surface area (Å²) < 4.78 is 0. The third-order valence-electron chi connectivity index (χ3n) is 3.43. The van der Waals surface area contributed by atoms with Gasteiger partial charge in [-0.25, -0.2) is 9.97 Å². The maximum Gasteiger partial charge on any atom is 0.242 e. The first-order valence-corrected chi connectivity index (χ1v) is 7.55. The predicted octanol–water partition coefficient (Wildman–Crippen LogP) is 0.859. The predicted molar refractivity (Wildman–Crippen MR) is 92.2 cm³/mol. The molecule has 3 aromatic heterocycles. The van der Waals surface area contributed by atoms with E-state index in [1.165, 1.54) is 0 Å². The second-order valence-electron chi connectivity index (χ2n) is 5.20. The highest BCUT2D eigenvalue weighted by Gasteiger charge is 2.16. The number of anilines is 1. The molecule has 0 aromatic carbocycles. The third-order valence-corrected chi connectivity index (χ3v) is 3.43. The number of aromatic nitrogens is 4. The van der Waals surface area contributed by atoms with Crippen molar-refractivity contribution in [2.45, 2.75) is 6.04 Å². The molecule has 1 amide bonds. The van der Waals surface area contributed by atoms with E-state index in [0.29, 0.717) is 23.0 Å². The number of aliphatic hydroxyl groups excluding tert-OH is 1. The fourth-order valence-electron chi connectivity index (χ4n) is 2.18. The Balaban J connectivity index is 2.07. The number of carbonyl (C=O) groups is 1. The highest BCUT2D eigenvalue weighted by atomic mass is 16.3. The lowest BCUT2D eigenvalue weighted by Crippen LogP contribution is -2.38. The molecule has 0 aliphatic carbocycles. The molecule has 8 nitrogen and oxygen atoms in total. The van der Waals surface area contributed by atoms with Crippen molar-refractivity contribution in [3.63, 3.8) is 0 Å². The van der Waals surface area contributed by atoms with Crippen LogP contribution < -0.4 is 11.1 Å². The zero-order valence-corrected chi connectivity index (χ0v) is 13.2. The van der Waals surface area contributed by atoms with Crippen LogP contribution in [0.2, 0.25) is 0 Å². The van der Waals surface area contributed by atoms with E-state index in [4.69, 9.17) is 5.73 Å². The summed E-state index contributed by atoms with van der Waals surface area (Å²) in [6.07, 6.45) is 4.98. The van der Waals surface area contributed by atoms with Crippen molar-refractivity contribution in [2.75, 3.05) is 11.9 Å². The standard InChI is InChI=1S/C17H16N6O2/c18-16(25)14(10-24)21-15-8-13(11-4-3-6-19-9-11)22-17(23-15)12-5-1-2-7-20-12/h1-9,14,24H,10H2,(H2,18,25)(H,21,22,23)/t14-/m0/s1. The second kappa shape index (κ2) is 7.45. The number of aliphatic hydroxyl groups is 1. The molecule has 3 heterocycles. The molecule has 0 unspecified atom stereocenters. The quantitative estimate of drug-likeness (QED) is 0.609. The Morgan fingerprint density at radius 2 is 2.04 bits per heavy atom. The van der Waals surface area contributed by atoms with Crippen LogP contribution in [0.4, 0.5) is 5.82 Å². The fourth-order valence-corrected chi connectivity index (χ4v) is 2.18. The Morgan fingerprint density at radius 1 is 1.16 bits per heavy atom. The van der Waals surface area contributed by atoms with E-state index in [0.717, 1.165) is 5.56 Å². The molecule has 0 saturated heterocycles. The molecule has 3 aromatic rings. The van der Waals surface area contributed by atoms with Crippen molar-refractivity contribution in [3.8, 4) is 22.8 Å². The van der Waals surface area contributed by atoms with Crippen LogP contribution in [0.1, 0.15) is 0 Å². The second-order valence-corrected chi connectivity index (χ2v) is 5.20. The van der Waals surface area contributed by atoms with Gasteiger partial charge >= 0.3 is 0 Å². The molecule has 0 radical (unpaired) electrons. The van der Waals surface area contributed by atoms with Crippen molar-refractivity contribution in [1.29, 1.82) is 0 Å². The van der Waals surface area contributed by atoms with Crippen molar-refractivity contribution in [3.05, 3.63) is 55.0 Å². The fraction of sp³-hybridized carbons (Fsp3) is 0.118. The minimum absolute atomic E-state index is 0.354. The first kappa shape index (κ1) is 16.5. The van der Waals surface area contributed by atoms with Gasteiger partial charge in [-0.05, 0) is 24.3 Å². The molecule has 0 saturated carbocycles. The molecule has 0 aliphatic heterocycles. The van der Waals surface area contributed by atoms with Crippen molar-refractivity contribution >= 4 is 11.7 Å². The molecule has 8 heteroatoms. The van der Waals surface area contributed by atoms with Crippen molar-refractivity contribution in [1.82, 2.24) is 19.9 Å². The number of hydrogen-bond acceptors (Lipinski definition) is 7. The maximum atomic E-state index is 11.4. The van der Waals surface area contributed by atoms with Gasteiger partial charge < -0.3 is 16.2 Å². The van der Waals surface area contributed by atoms with E-state index in [2.05, 4.69) is 25.3 Å². The van der Waals surface area contributed by atoms with Gasteiger partial charge in [-0.2, -0.15) is 0 Å². The summed E-state index contributed by atoms with van der Waals surface area (Å²) in [5.74, 6) is 0.0568. The number of rotatable bonds is 6. The van der Waals surface area contributed by atoms with Gasteiger partial charge in [0.1, 0.15) is 17.6 Å². The van der Waals surface area contributed by atoms with Crippen LogP contribution in [0, 0.1) is 0 Å². The summed E-state index contributed by atoms with van der Waals surface area (Å²) >= 11 is 0. The van der Waals surface area contributed by atoms with Gasteiger partial charge in [0.2, 0.25) is 5.91 Å². The molecule has 25 heavy (non-hydrogen) atoms. The van der Waals surface area contributed by atoms with Crippen LogP contribution in [0.5, 0.6) is 0 Å². The Bertz CT molecular complexity index is 800. The van der Waals surface area contributed by atoms with Gasteiger partial charge in [0.15, 0.2) is 5.82 Å². The number of nitrogens with one attached hydrogen (secondary N) is 1. The average Bonchev–Trinajstić information content (AvgIpc) is 2.67. The van der Waals surface area contributed by atoms with E-state index in [1.54, 1.807) is 42.9 Å². The summed E-state index contributed by atoms with van der Waals surface area (Å²) in [6.45, 7) is -0.444. The van der Waals surface area contributed by atoms with Crippen LogP contribution in [0.25, 0.3) is 22.8 Å². The highest BCUT2D eigenvalue weighted by molar-refractivity contribution is 5.83. The number of amides is 1. The molecule has 3 rings (SSSR count). The Kier molecular flexibility index (Phi) is 4.91. The summed E-state index contributed by atoms with van der Waals surface area (Å²) in [5.41, 5.74) is 7.23. The van der Waals surface area contributed by atoms with Gasteiger partial charge in [-0.3, -0.25) is 14.8 Å². The van der Waals surface area contributed by atoms with E-state index >= 15 is 0 Å². The molecule has 4 N–H and O–H groups in total. The number of pyridine rings is 2. The number of nitrogens with zero attached hydrogens (tertiary/aromatic N) is 4. The highest BCUT2D eigenvalue weighted by Crippen LogP contribution is 2.23. The SMILES string of the molecule is NC(=O)[C@H](CO)Nc1cc(-c2cccnc2)nc(-c2ccccn2)n1. The van der Waals surface area contributed by atoms with E-state index in [-0.39, 0.29) is 0 Å². The van der Waals surface area contributed by atoms with Gasteiger partial charge in [0.25, 0.3) is 0 Å². The number of carbonyl (C=O) groups excluding carboxylic acids is 1. The monoisotopic (exact) mass is 336 g/mol. The van der Waals surface area contributed by atoms with E-state index < -0.39 is 18.6 Å². The van der Waals surface area contributed by atoms with E-state index in [9.17, 15) is 9.90 Å². The van der Waals surface area contributed by atoms with Crippen LogP contribution in [-0.2, 0) is 4.79 Å². The number of nitrogens with two attached hydrogens (primary N) is 1. The van der Waals surface area contributed by atoms with Crippen molar-refractivity contribution in [2.24, 2.45) is 5.73 Å². The summed E-state index contributed by atoms with van der Waals surface area (Å²) in [7, 11) is 0. The van der Waals surface area contributed by atoms with Gasteiger partial charge in [-0.15, -0.1) is 0 Å². The molecule has 0 bridgehead atoms. The first-order chi connectivity index (χ1) is 12.2. The lowest BCUT2D eigenvalue weighted by Gasteiger charge is -2.15. The lowest BCUT2D eigenvalue weighted by atomic mass is 10.2. The van der Waals surface area contributed by atoms with Crippen LogP contribution >= 0.6 is 0 Å². The van der Waals surface area contributed by atoms with Gasteiger partial charge in [0, 0.05) is 30.2 Å². The molecule has 126 valence electrons. The molecule has 0 spiro atoms. The lowest BCUT2D eigenvalue weighted by molar-refractivity contribution is -0.119. The summed E-state index contributed by atoms with van der Waals surface area (Å²) in [6, 6.07) is 9.77. The Morgan fingerprint density at radius 3 is 2.68 bits per heavy atom. The minimum Gasteiger partial charge on any atom is -0.394 e. The first-order valence-electron chi connectivity index (χ1n) is 7.55. The molecule has 0 aliphatic rings. The van der Waals surface area contributed by atoms with Crippen molar-refractivity contribution < 1.29 is 9.90 Å². The minimum atomic E-state index is -0.951. The Hall–Kier alpha value is -3.39. The van der Waals surface area contributed by atoms with Crippen LogP contribution in [-0.4, -0.2) is 43.6 Å². The maximum absolute atomic E-state index is 11.4. The third kappa shape index (κ3) is 3.93. The zero-order chi connectivity index (χ0) is 17.6. The van der Waals surface area contributed by atoms with Gasteiger partial charge in [0.05, 0.1) is 12.3 Å². The Labute approximate surface area is 143 Å². The molecule has 0 fully saturated rings. The number of primary amides is 1. The topological polar surface area (TPSA) is 127 Å². The molecule has 1 atom stereocenters. The largest absolute Gasteiger partial charge is 0.394 e. The number of hydrogen-bond donors (Lipinski definition) is 3. The smallest absolute Gasteiger partial charge is 0.242 e. The van der Waals surface area contributed by atoms with Crippen LogP contribution in [0.3, 0.4) is 0 Å². The normalized spacial score (nSPS) is 11.7. The summed E-state index contributed by atoms with van der Waals surface area (Å²) in [5, 5.41) is 12.1. The average molecular weight is 336 g/mol. The van der Waals surface area contributed by atoms with E-state index in [1.807, 2.05) is 12.1 Å². The van der Waals surface area contributed by atoms with Crippen LogP contribution in [0.15, 0.2) is 55.0 Å². The zero-order valence-electron chi connectivity index (χ0n) is 13.2. The summed E-state index contributed by atoms with van der Waals surface area (Å²) in [4.78, 5) is 28.6. The van der Waals surface area contributed by atoms with Gasteiger partial charge in [-0.1, -0.05) is 6.07 Å². The molecular formula is C17H16N6O2. The molecular weight excluding hydrogens is 320 g/mol.